The molecule has 0 radical (unpaired) electrons. The number of carboxylic acids is 1. The Balaban J connectivity index is 1.84. The van der Waals surface area contributed by atoms with Crippen LogP contribution in [-0.4, -0.2) is 17.0 Å². The molecule has 0 bridgehead atoms. The molecule has 3 rings (SSSR count). The average molecular weight is 349 g/mol. The van der Waals surface area contributed by atoms with Gasteiger partial charge in [-0.05, 0) is 59.7 Å². The largest absolute Gasteiger partial charge is 0.478 e. The van der Waals surface area contributed by atoms with E-state index >= 15 is 0 Å². The summed E-state index contributed by atoms with van der Waals surface area (Å²) in [6, 6.07) is 16.2. The van der Waals surface area contributed by atoms with Crippen LogP contribution in [0.15, 0.2) is 66.2 Å². The number of benzene rings is 3. The summed E-state index contributed by atoms with van der Waals surface area (Å²) in [5.74, 6) is -1.80. The summed E-state index contributed by atoms with van der Waals surface area (Å²) in [5, 5.41) is 13.4. The molecule has 0 saturated heterocycles. The Labute approximate surface area is 149 Å². The first-order valence-electron chi connectivity index (χ1n) is 7.95. The van der Waals surface area contributed by atoms with Crippen LogP contribution < -0.4 is 5.32 Å². The maximum atomic E-state index is 13.2. The molecule has 5 heteroatoms. The lowest BCUT2D eigenvalue weighted by Gasteiger charge is -2.08. The van der Waals surface area contributed by atoms with Crippen molar-refractivity contribution in [3.05, 3.63) is 83.2 Å². The number of nitrogens with one attached hydrogen (secondary N) is 1. The molecule has 0 spiro atoms. The van der Waals surface area contributed by atoms with Crippen LogP contribution in [0.5, 0.6) is 0 Å². The van der Waals surface area contributed by atoms with Crippen molar-refractivity contribution in [3.8, 4) is 0 Å². The fourth-order valence-corrected chi connectivity index (χ4v) is 2.64. The van der Waals surface area contributed by atoms with E-state index in [1.165, 1.54) is 18.2 Å². The minimum absolute atomic E-state index is 0.0291. The molecule has 0 heterocycles. The number of rotatable bonds is 4. The molecule has 3 aromatic carbocycles. The Hall–Kier alpha value is -3.47. The Kier molecular flexibility index (Phi) is 4.80. The molecule has 0 aliphatic rings. The summed E-state index contributed by atoms with van der Waals surface area (Å²) in [7, 11) is 0. The molecule has 0 aliphatic carbocycles. The summed E-state index contributed by atoms with van der Waals surface area (Å²) in [6.07, 6.45) is 1.70. The first-order valence-corrected chi connectivity index (χ1v) is 7.95. The average Bonchev–Trinajstić information content (AvgIpc) is 2.62. The number of hydrogen-bond acceptors (Lipinski definition) is 2. The van der Waals surface area contributed by atoms with Crippen LogP contribution in [0.3, 0.4) is 0 Å². The maximum Gasteiger partial charge on any atom is 0.337 e. The van der Waals surface area contributed by atoms with Gasteiger partial charge in [0.25, 0.3) is 5.91 Å². The standard InChI is InChI=1S/C21H16FNO3/c1-13(20(24)23-19-5-3-2-4-18(19)21(25)26)10-14-6-7-16-12-17(22)9-8-15(16)11-14/h2-12H,1H3,(H,23,24)(H,25,26)/b13-10+. The zero-order chi connectivity index (χ0) is 18.7. The first-order chi connectivity index (χ1) is 12.4. The van der Waals surface area contributed by atoms with E-state index in [1.807, 2.05) is 6.07 Å². The highest BCUT2D eigenvalue weighted by Gasteiger charge is 2.12. The quantitative estimate of drug-likeness (QED) is 0.670. The number of aromatic carboxylic acids is 1. The second-order valence-electron chi connectivity index (χ2n) is 5.88. The smallest absolute Gasteiger partial charge is 0.337 e. The number of fused-ring (bicyclic) bond motifs is 1. The van der Waals surface area contributed by atoms with Crippen molar-refractivity contribution < 1.29 is 19.1 Å². The number of carboxylic acid groups (broad SMARTS) is 1. The molecule has 0 aromatic heterocycles. The maximum absolute atomic E-state index is 13.2. The second-order valence-corrected chi connectivity index (χ2v) is 5.88. The summed E-state index contributed by atoms with van der Waals surface area (Å²) in [4.78, 5) is 23.6. The van der Waals surface area contributed by atoms with Crippen molar-refractivity contribution in [2.24, 2.45) is 0 Å². The minimum atomic E-state index is -1.11. The number of hydrogen-bond donors (Lipinski definition) is 2. The fourth-order valence-electron chi connectivity index (χ4n) is 2.64. The van der Waals surface area contributed by atoms with E-state index in [4.69, 9.17) is 0 Å². The molecule has 26 heavy (non-hydrogen) atoms. The molecule has 0 atom stereocenters. The predicted octanol–water partition coefficient (Wildman–Crippen LogP) is 4.72. The Morgan fingerprint density at radius 3 is 2.46 bits per heavy atom. The highest BCUT2D eigenvalue weighted by molar-refractivity contribution is 6.09. The van der Waals surface area contributed by atoms with E-state index in [0.29, 0.717) is 5.57 Å². The molecule has 0 fully saturated rings. The third kappa shape index (κ3) is 3.78. The molecular weight excluding hydrogens is 333 g/mol. The van der Waals surface area contributed by atoms with Crippen molar-refractivity contribution in [1.82, 2.24) is 0 Å². The molecular formula is C21H16FNO3. The van der Waals surface area contributed by atoms with E-state index in [0.717, 1.165) is 16.3 Å². The number of carbonyl (C=O) groups excluding carboxylic acids is 1. The highest BCUT2D eigenvalue weighted by atomic mass is 19.1. The lowest BCUT2D eigenvalue weighted by Crippen LogP contribution is -2.15. The molecule has 3 aromatic rings. The predicted molar refractivity (Wildman–Crippen MR) is 99.6 cm³/mol. The lowest BCUT2D eigenvalue weighted by molar-refractivity contribution is -0.112. The van der Waals surface area contributed by atoms with Crippen molar-refractivity contribution >= 4 is 34.4 Å². The number of anilines is 1. The zero-order valence-corrected chi connectivity index (χ0v) is 14.0. The summed E-state index contributed by atoms with van der Waals surface area (Å²) < 4.78 is 13.2. The summed E-state index contributed by atoms with van der Waals surface area (Å²) in [5.41, 5.74) is 1.49. The topological polar surface area (TPSA) is 66.4 Å². The van der Waals surface area contributed by atoms with Crippen molar-refractivity contribution in [1.29, 1.82) is 0 Å². The molecule has 0 saturated carbocycles. The van der Waals surface area contributed by atoms with Crippen LogP contribution >= 0.6 is 0 Å². The lowest BCUT2D eigenvalue weighted by atomic mass is 10.0. The van der Waals surface area contributed by atoms with E-state index < -0.39 is 11.9 Å². The molecule has 1 amide bonds. The van der Waals surface area contributed by atoms with Gasteiger partial charge in [-0.1, -0.05) is 30.3 Å². The van der Waals surface area contributed by atoms with Gasteiger partial charge in [0.1, 0.15) is 5.82 Å². The molecule has 4 nitrogen and oxygen atoms in total. The first kappa shape index (κ1) is 17.4. The van der Waals surface area contributed by atoms with Gasteiger partial charge in [-0.15, -0.1) is 0 Å². The van der Waals surface area contributed by atoms with Gasteiger partial charge in [-0.2, -0.15) is 0 Å². The number of carbonyl (C=O) groups is 2. The van der Waals surface area contributed by atoms with Crippen LogP contribution in [0, 0.1) is 5.82 Å². The van der Waals surface area contributed by atoms with Crippen LogP contribution in [0.25, 0.3) is 16.8 Å². The van der Waals surface area contributed by atoms with E-state index in [1.54, 1.807) is 49.4 Å². The van der Waals surface area contributed by atoms with Crippen LogP contribution in [-0.2, 0) is 4.79 Å². The Morgan fingerprint density at radius 1 is 1.00 bits per heavy atom. The second kappa shape index (κ2) is 7.19. The van der Waals surface area contributed by atoms with Gasteiger partial charge in [-0.25, -0.2) is 9.18 Å². The molecule has 2 N–H and O–H groups in total. The Morgan fingerprint density at radius 2 is 1.69 bits per heavy atom. The van der Waals surface area contributed by atoms with E-state index in [-0.39, 0.29) is 17.1 Å². The third-order valence-electron chi connectivity index (χ3n) is 3.97. The van der Waals surface area contributed by atoms with Crippen LogP contribution in [0.2, 0.25) is 0 Å². The SMILES string of the molecule is C/C(=C\c1ccc2cc(F)ccc2c1)C(=O)Nc1ccccc1C(=O)O. The third-order valence-corrected chi connectivity index (χ3v) is 3.97. The monoisotopic (exact) mass is 349 g/mol. The van der Waals surface area contributed by atoms with Crippen LogP contribution in [0.1, 0.15) is 22.8 Å². The van der Waals surface area contributed by atoms with Gasteiger partial charge in [-0.3, -0.25) is 4.79 Å². The molecule has 0 unspecified atom stereocenters. The van der Waals surface area contributed by atoms with Crippen LogP contribution in [0.4, 0.5) is 10.1 Å². The van der Waals surface area contributed by atoms with Crippen molar-refractivity contribution in [2.45, 2.75) is 6.92 Å². The zero-order valence-electron chi connectivity index (χ0n) is 14.0. The van der Waals surface area contributed by atoms with E-state index in [2.05, 4.69) is 5.32 Å². The number of para-hydroxylation sites is 1. The molecule has 130 valence electrons. The highest BCUT2D eigenvalue weighted by Crippen LogP contribution is 2.20. The molecule has 0 aliphatic heterocycles. The normalized spacial score (nSPS) is 11.4. The van der Waals surface area contributed by atoms with Gasteiger partial charge in [0.05, 0.1) is 11.3 Å². The van der Waals surface area contributed by atoms with Gasteiger partial charge < -0.3 is 10.4 Å². The van der Waals surface area contributed by atoms with Crippen molar-refractivity contribution in [3.63, 3.8) is 0 Å². The minimum Gasteiger partial charge on any atom is -0.478 e. The number of amides is 1. The Bertz CT molecular complexity index is 1040. The number of halogens is 1. The van der Waals surface area contributed by atoms with E-state index in [9.17, 15) is 19.1 Å². The van der Waals surface area contributed by atoms with Gasteiger partial charge in [0, 0.05) is 5.57 Å². The van der Waals surface area contributed by atoms with Crippen molar-refractivity contribution in [2.75, 3.05) is 5.32 Å². The summed E-state index contributed by atoms with van der Waals surface area (Å²) in [6.45, 7) is 1.65. The fraction of sp³-hybridized carbons (Fsp3) is 0.0476. The summed E-state index contributed by atoms with van der Waals surface area (Å²) >= 11 is 0. The van der Waals surface area contributed by atoms with Gasteiger partial charge >= 0.3 is 5.97 Å². The van der Waals surface area contributed by atoms with Gasteiger partial charge in [0.2, 0.25) is 0 Å². The van der Waals surface area contributed by atoms with Gasteiger partial charge in [0.15, 0.2) is 0 Å².